The molecule has 0 bridgehead atoms. The van der Waals surface area contributed by atoms with Gasteiger partial charge in [0.2, 0.25) is 11.8 Å². The van der Waals surface area contributed by atoms with Crippen LogP contribution >= 0.6 is 23.7 Å². The maximum Gasteiger partial charge on any atom is 0.242 e. The molecule has 0 aliphatic carbocycles. The molecule has 23 heavy (non-hydrogen) atoms. The monoisotopic (exact) mass is 359 g/mol. The number of nitrogens with one attached hydrogen (secondary N) is 1. The van der Waals surface area contributed by atoms with E-state index in [0.717, 1.165) is 6.42 Å². The predicted molar refractivity (Wildman–Crippen MR) is 95.9 cm³/mol. The molecule has 2 rings (SSSR count). The van der Waals surface area contributed by atoms with E-state index >= 15 is 0 Å². The average Bonchev–Trinajstić information content (AvgIpc) is 2.99. The molecular formula is C16H26ClN3O2S. The number of halogens is 1. The van der Waals surface area contributed by atoms with Gasteiger partial charge in [0.1, 0.15) is 0 Å². The summed E-state index contributed by atoms with van der Waals surface area (Å²) >= 11 is 1.71. The highest BCUT2D eigenvalue weighted by atomic mass is 35.5. The van der Waals surface area contributed by atoms with Crippen molar-refractivity contribution in [3.05, 3.63) is 22.4 Å². The van der Waals surface area contributed by atoms with Crippen molar-refractivity contribution in [3.8, 4) is 0 Å². The van der Waals surface area contributed by atoms with E-state index in [1.54, 1.807) is 30.1 Å². The van der Waals surface area contributed by atoms with E-state index in [1.807, 2.05) is 11.4 Å². The van der Waals surface area contributed by atoms with Crippen molar-refractivity contribution >= 4 is 35.6 Å². The summed E-state index contributed by atoms with van der Waals surface area (Å²) < 4.78 is 0. The van der Waals surface area contributed by atoms with Crippen LogP contribution in [0.25, 0.3) is 0 Å². The number of likely N-dealkylation sites (tertiary alicyclic amines) is 1. The Morgan fingerprint density at radius 1 is 1.39 bits per heavy atom. The number of carbonyl (C=O) groups is 2. The number of nitrogens with two attached hydrogens (primary N) is 1. The minimum absolute atomic E-state index is 0. The molecule has 0 atom stereocenters. The number of rotatable bonds is 5. The zero-order valence-electron chi connectivity index (χ0n) is 13.7. The molecule has 130 valence electrons. The Morgan fingerprint density at radius 2 is 2.04 bits per heavy atom. The number of hydrogen-bond acceptors (Lipinski definition) is 4. The minimum atomic E-state index is -0.837. The Kier molecular flexibility index (Phi) is 7.51. The zero-order chi connectivity index (χ0) is 16.2. The highest BCUT2D eigenvalue weighted by Crippen LogP contribution is 2.19. The van der Waals surface area contributed by atoms with Crippen molar-refractivity contribution < 1.29 is 9.59 Å². The molecule has 1 aliphatic heterocycles. The summed E-state index contributed by atoms with van der Waals surface area (Å²) in [4.78, 5) is 27.3. The van der Waals surface area contributed by atoms with E-state index in [2.05, 4.69) is 11.4 Å². The number of carbonyl (C=O) groups excluding carboxylic acids is 2. The summed E-state index contributed by atoms with van der Waals surface area (Å²) in [7, 11) is 0. The molecule has 0 aromatic carbocycles. The van der Waals surface area contributed by atoms with Crippen LogP contribution in [-0.2, 0) is 16.0 Å². The van der Waals surface area contributed by atoms with Gasteiger partial charge in [-0.2, -0.15) is 0 Å². The molecule has 1 aliphatic rings. The topological polar surface area (TPSA) is 75.4 Å². The Morgan fingerprint density at radius 3 is 2.57 bits per heavy atom. The molecule has 1 aromatic heterocycles. The normalized spacial score (nSPS) is 15.9. The molecular weight excluding hydrogens is 334 g/mol. The first kappa shape index (κ1) is 19.9. The van der Waals surface area contributed by atoms with E-state index < -0.39 is 5.54 Å². The van der Waals surface area contributed by atoms with Crippen LogP contribution in [0.3, 0.4) is 0 Å². The van der Waals surface area contributed by atoms with Gasteiger partial charge in [-0.15, -0.1) is 23.7 Å². The van der Waals surface area contributed by atoms with Crippen LogP contribution in [0.5, 0.6) is 0 Å². The molecule has 7 heteroatoms. The van der Waals surface area contributed by atoms with E-state index in [-0.39, 0.29) is 30.1 Å². The minimum Gasteiger partial charge on any atom is -0.355 e. The van der Waals surface area contributed by atoms with Gasteiger partial charge in [0.25, 0.3) is 0 Å². The van der Waals surface area contributed by atoms with Crippen LogP contribution in [-0.4, -0.2) is 41.9 Å². The van der Waals surface area contributed by atoms with Gasteiger partial charge in [-0.05, 0) is 44.6 Å². The second kappa shape index (κ2) is 8.66. The summed E-state index contributed by atoms with van der Waals surface area (Å²) in [6.07, 6.45) is 2.31. The van der Waals surface area contributed by atoms with Crippen molar-refractivity contribution in [1.82, 2.24) is 10.2 Å². The molecule has 0 saturated carbocycles. The summed E-state index contributed by atoms with van der Waals surface area (Å²) in [5.41, 5.74) is 5.01. The molecule has 2 amide bonds. The maximum absolute atomic E-state index is 12.2. The fourth-order valence-corrected chi connectivity index (χ4v) is 3.37. The van der Waals surface area contributed by atoms with Crippen LogP contribution < -0.4 is 11.1 Å². The number of amides is 2. The first-order valence-electron chi connectivity index (χ1n) is 7.76. The van der Waals surface area contributed by atoms with Gasteiger partial charge < -0.3 is 16.0 Å². The van der Waals surface area contributed by atoms with Gasteiger partial charge >= 0.3 is 0 Å². The molecule has 2 heterocycles. The van der Waals surface area contributed by atoms with Crippen molar-refractivity contribution in [2.75, 3.05) is 19.6 Å². The highest BCUT2D eigenvalue weighted by molar-refractivity contribution is 7.09. The van der Waals surface area contributed by atoms with Crippen LogP contribution in [0.15, 0.2) is 17.5 Å². The Bertz CT molecular complexity index is 506. The lowest BCUT2D eigenvalue weighted by molar-refractivity contribution is -0.139. The number of hydrogen-bond donors (Lipinski definition) is 2. The smallest absolute Gasteiger partial charge is 0.242 e. The number of thiophene rings is 1. The van der Waals surface area contributed by atoms with Crippen molar-refractivity contribution in [2.45, 2.75) is 38.6 Å². The Labute approximate surface area is 148 Å². The Balaban J connectivity index is 0.00000264. The summed E-state index contributed by atoms with van der Waals surface area (Å²) in [5, 5.41) is 5.05. The first-order valence-corrected chi connectivity index (χ1v) is 8.64. The van der Waals surface area contributed by atoms with Crippen molar-refractivity contribution in [3.63, 3.8) is 0 Å². The molecule has 0 spiro atoms. The second-order valence-electron chi connectivity index (χ2n) is 6.41. The third-order valence-corrected chi connectivity index (χ3v) is 4.89. The number of nitrogens with zero attached hydrogens (tertiary/aromatic N) is 1. The van der Waals surface area contributed by atoms with Crippen molar-refractivity contribution in [1.29, 1.82) is 0 Å². The van der Waals surface area contributed by atoms with Gasteiger partial charge in [-0.1, -0.05) is 6.07 Å². The van der Waals surface area contributed by atoms with Crippen LogP contribution in [0.2, 0.25) is 0 Å². The molecule has 1 aromatic rings. The lowest BCUT2D eigenvalue weighted by Crippen LogP contribution is -2.54. The van der Waals surface area contributed by atoms with Gasteiger partial charge in [0, 0.05) is 30.4 Å². The third kappa shape index (κ3) is 5.79. The molecule has 1 saturated heterocycles. The summed E-state index contributed by atoms with van der Waals surface area (Å²) in [5.74, 6) is 0.0768. The molecule has 1 fully saturated rings. The van der Waals surface area contributed by atoms with E-state index in [9.17, 15) is 9.59 Å². The second-order valence-corrected chi connectivity index (χ2v) is 7.44. The van der Waals surface area contributed by atoms with Gasteiger partial charge in [0.15, 0.2) is 0 Å². The molecule has 5 nitrogen and oxygen atoms in total. The van der Waals surface area contributed by atoms with Gasteiger partial charge in [-0.25, -0.2) is 0 Å². The van der Waals surface area contributed by atoms with E-state index in [1.165, 1.54) is 4.88 Å². The lowest BCUT2D eigenvalue weighted by Gasteiger charge is -2.35. The van der Waals surface area contributed by atoms with Crippen molar-refractivity contribution in [2.24, 2.45) is 11.7 Å². The quantitative estimate of drug-likeness (QED) is 0.841. The van der Waals surface area contributed by atoms with E-state index in [0.29, 0.717) is 32.5 Å². The molecule has 3 N–H and O–H groups in total. The molecule has 0 radical (unpaired) electrons. The fraction of sp³-hybridized carbons (Fsp3) is 0.625. The number of piperidine rings is 1. The highest BCUT2D eigenvalue weighted by Gasteiger charge is 2.32. The van der Waals surface area contributed by atoms with Gasteiger partial charge in [0.05, 0.1) is 5.54 Å². The van der Waals surface area contributed by atoms with E-state index in [4.69, 9.17) is 5.73 Å². The van der Waals surface area contributed by atoms with Gasteiger partial charge in [-0.3, -0.25) is 9.59 Å². The largest absolute Gasteiger partial charge is 0.355 e. The summed E-state index contributed by atoms with van der Waals surface area (Å²) in [6, 6.07) is 4.10. The van der Waals surface area contributed by atoms with Crippen LogP contribution in [0, 0.1) is 5.92 Å². The maximum atomic E-state index is 12.2. The van der Waals surface area contributed by atoms with Crippen LogP contribution in [0.1, 0.15) is 31.6 Å². The summed E-state index contributed by atoms with van der Waals surface area (Å²) in [6.45, 7) is 5.34. The lowest BCUT2D eigenvalue weighted by atomic mass is 9.94. The standard InChI is InChI=1S/C16H25N3O2S.ClH/c1-16(2,17)15(21)19-9-6-12(7-10-19)14(20)18-8-5-13-4-3-11-22-13;/h3-4,11-12H,5-10,17H2,1-2H3,(H,18,20);1H. The Hall–Kier alpha value is -1.11. The first-order chi connectivity index (χ1) is 10.4. The molecule has 0 unspecified atom stereocenters. The van der Waals surface area contributed by atoms with Crippen LogP contribution in [0.4, 0.5) is 0 Å². The fourth-order valence-electron chi connectivity index (χ4n) is 2.66. The third-order valence-electron chi connectivity index (χ3n) is 3.95. The zero-order valence-corrected chi connectivity index (χ0v) is 15.3. The average molecular weight is 360 g/mol. The predicted octanol–water partition coefficient (Wildman–Crippen LogP) is 1.80. The SMILES string of the molecule is CC(C)(N)C(=O)N1CCC(C(=O)NCCc2cccs2)CC1.Cl.